The number of nitrogens with zero attached hydrogens (tertiary/aromatic N) is 1. The van der Waals surface area contributed by atoms with Gasteiger partial charge in [0.1, 0.15) is 23.9 Å². The first-order valence-electron chi connectivity index (χ1n) is 15.4. The molecule has 2 fully saturated rings. The van der Waals surface area contributed by atoms with Crippen molar-refractivity contribution in [3.05, 3.63) is 23.3 Å². The van der Waals surface area contributed by atoms with Gasteiger partial charge < -0.3 is 29.6 Å². The quantitative estimate of drug-likeness (QED) is 0.156. The van der Waals surface area contributed by atoms with E-state index in [1.54, 1.807) is 20.8 Å². The van der Waals surface area contributed by atoms with Crippen LogP contribution in [-0.4, -0.2) is 68.6 Å². The Bertz CT molecular complexity index is 1230. The fourth-order valence-corrected chi connectivity index (χ4v) is 8.82. The minimum Gasteiger partial charge on any atom is -0.459 e. The molecule has 0 amide bonds. The number of fused-ring (bicyclic) bond motifs is 5. The van der Waals surface area contributed by atoms with Crippen LogP contribution in [0.2, 0.25) is 0 Å². The molecular formula is C33H49NO9. The Hall–Kier alpha value is -2.72. The average molecular weight is 604 g/mol. The monoisotopic (exact) mass is 603 g/mol. The van der Waals surface area contributed by atoms with Gasteiger partial charge in [-0.25, -0.2) is 0 Å². The number of hydrogen-bond donors (Lipinski definition) is 3. The van der Waals surface area contributed by atoms with Crippen molar-refractivity contribution in [2.45, 2.75) is 130 Å². The van der Waals surface area contributed by atoms with Crippen molar-refractivity contribution in [1.29, 1.82) is 0 Å². The van der Waals surface area contributed by atoms with Crippen LogP contribution in [0, 0.1) is 28.6 Å². The highest BCUT2D eigenvalue weighted by Gasteiger charge is 2.62. The third-order valence-corrected chi connectivity index (χ3v) is 10.8. The maximum absolute atomic E-state index is 12.1. The van der Waals surface area contributed by atoms with E-state index in [-0.39, 0.29) is 17.8 Å². The number of hydrogen-bond acceptors (Lipinski definition) is 10. The van der Waals surface area contributed by atoms with Crippen LogP contribution in [0.4, 0.5) is 0 Å². The van der Waals surface area contributed by atoms with E-state index in [0.717, 1.165) is 24.0 Å². The lowest BCUT2D eigenvalue weighted by atomic mass is 9.47. The highest BCUT2D eigenvalue weighted by atomic mass is 16.6. The maximum Gasteiger partial charge on any atom is 0.303 e. The Morgan fingerprint density at radius 2 is 1.65 bits per heavy atom. The summed E-state index contributed by atoms with van der Waals surface area (Å²) in [5.41, 5.74) is -0.625. The summed E-state index contributed by atoms with van der Waals surface area (Å²) >= 11 is 0. The summed E-state index contributed by atoms with van der Waals surface area (Å²) in [6.45, 7) is 13.4. The lowest BCUT2D eigenvalue weighted by molar-refractivity contribution is -0.180. The van der Waals surface area contributed by atoms with E-state index in [0.29, 0.717) is 37.8 Å². The first-order chi connectivity index (χ1) is 19.8. The number of carbonyl (C=O) groups excluding carboxylic acids is 3. The van der Waals surface area contributed by atoms with Crippen molar-refractivity contribution in [2.24, 2.45) is 33.7 Å². The van der Waals surface area contributed by atoms with Crippen molar-refractivity contribution in [2.75, 3.05) is 0 Å². The summed E-state index contributed by atoms with van der Waals surface area (Å²) in [4.78, 5) is 36.0. The van der Waals surface area contributed by atoms with Crippen molar-refractivity contribution in [3.8, 4) is 0 Å². The molecule has 4 aliphatic rings. The summed E-state index contributed by atoms with van der Waals surface area (Å²) in [6, 6.07) is 0. The molecule has 0 aromatic carbocycles. The summed E-state index contributed by atoms with van der Waals surface area (Å²) < 4.78 is 17.0. The summed E-state index contributed by atoms with van der Waals surface area (Å²) in [5.74, 6) is -1.82. The van der Waals surface area contributed by atoms with E-state index in [4.69, 9.17) is 14.2 Å². The number of aliphatic hydroxyl groups is 2. The van der Waals surface area contributed by atoms with Gasteiger partial charge in [-0.1, -0.05) is 25.1 Å². The first-order valence-corrected chi connectivity index (χ1v) is 15.4. The van der Waals surface area contributed by atoms with Gasteiger partial charge >= 0.3 is 17.9 Å². The predicted molar refractivity (Wildman–Crippen MR) is 158 cm³/mol. The largest absolute Gasteiger partial charge is 0.459 e. The lowest BCUT2D eigenvalue weighted by Gasteiger charge is -2.58. The molecule has 0 bridgehead atoms. The Kier molecular flexibility index (Phi) is 8.99. The van der Waals surface area contributed by atoms with Crippen molar-refractivity contribution in [1.82, 2.24) is 0 Å². The molecular weight excluding hydrogens is 554 g/mol. The third kappa shape index (κ3) is 6.27. The lowest BCUT2D eigenvalue weighted by Crippen LogP contribution is -2.57. The Morgan fingerprint density at radius 3 is 2.21 bits per heavy atom. The maximum atomic E-state index is 12.1. The van der Waals surface area contributed by atoms with Crippen LogP contribution in [0.5, 0.6) is 0 Å². The van der Waals surface area contributed by atoms with E-state index in [1.165, 1.54) is 20.8 Å². The summed E-state index contributed by atoms with van der Waals surface area (Å²) in [5, 5.41) is 36.4. The number of allylic oxidation sites excluding steroid dienone is 4. The van der Waals surface area contributed by atoms with E-state index in [9.17, 15) is 29.8 Å². The second-order valence-electron chi connectivity index (χ2n) is 14.5. The van der Waals surface area contributed by atoms with Crippen LogP contribution in [-0.2, 0) is 28.6 Å². The molecule has 43 heavy (non-hydrogen) atoms. The fraction of sp³-hybridized carbons (Fsp3) is 0.758. The van der Waals surface area contributed by atoms with Gasteiger partial charge in [-0.3, -0.25) is 14.4 Å². The molecule has 4 aliphatic carbocycles. The number of ether oxygens (including phenoxy) is 3. The zero-order chi connectivity index (χ0) is 32.1. The van der Waals surface area contributed by atoms with Crippen molar-refractivity contribution in [3.63, 3.8) is 0 Å². The zero-order valence-electron chi connectivity index (χ0n) is 26.8. The number of esters is 3. The minimum absolute atomic E-state index is 0.0572. The molecule has 0 aliphatic heterocycles. The van der Waals surface area contributed by atoms with E-state index >= 15 is 0 Å². The smallest absolute Gasteiger partial charge is 0.303 e. The Morgan fingerprint density at radius 1 is 1.02 bits per heavy atom. The topological polar surface area (TPSA) is 152 Å². The molecule has 2 saturated carbocycles. The van der Waals surface area contributed by atoms with Crippen molar-refractivity contribution >= 4 is 23.6 Å². The van der Waals surface area contributed by atoms with Crippen molar-refractivity contribution < 1.29 is 44.0 Å². The third-order valence-electron chi connectivity index (χ3n) is 10.8. The van der Waals surface area contributed by atoms with Gasteiger partial charge in [-0.05, 0) is 99.7 Å². The molecule has 0 radical (unpaired) electrons. The average Bonchev–Trinajstić information content (AvgIpc) is 3.23. The molecule has 3 N–H and O–H groups in total. The summed E-state index contributed by atoms with van der Waals surface area (Å²) in [6.07, 6.45) is 5.62. The van der Waals surface area contributed by atoms with E-state index in [1.807, 2.05) is 6.08 Å². The second-order valence-corrected chi connectivity index (χ2v) is 14.5. The second kappa shape index (κ2) is 11.7. The molecule has 9 atom stereocenters. The molecule has 0 heterocycles. The Balaban J connectivity index is 1.69. The molecule has 0 spiro atoms. The van der Waals surface area contributed by atoms with Gasteiger partial charge in [0.25, 0.3) is 0 Å². The van der Waals surface area contributed by atoms with Gasteiger partial charge in [0.2, 0.25) is 0 Å². The van der Waals surface area contributed by atoms with Gasteiger partial charge in [-0.2, -0.15) is 0 Å². The number of oxime groups is 1. The predicted octanol–water partition coefficient (Wildman–Crippen LogP) is 4.63. The van der Waals surface area contributed by atoms with Gasteiger partial charge in [0.05, 0.1) is 11.3 Å². The molecule has 0 unspecified atom stereocenters. The molecule has 10 heteroatoms. The SMILES string of the molecule is CC(=O)O[C@H]1C[C@]2(C)[C@H]3CC[C@@]4(C)C(=CC[C@@H]4[C@@](C)(O)[C@@H](CCC(C)(C)O)OC(C)=O)C3=C/C(=N/O)[C@@H]2C[C@H]1OC(C)=O. The van der Waals surface area contributed by atoms with Gasteiger partial charge in [-0.15, -0.1) is 0 Å². The van der Waals surface area contributed by atoms with Crippen LogP contribution in [0.25, 0.3) is 0 Å². The normalized spacial score (nSPS) is 36.6. The van der Waals surface area contributed by atoms with Crippen LogP contribution in [0.3, 0.4) is 0 Å². The van der Waals surface area contributed by atoms with E-state index in [2.05, 4.69) is 25.1 Å². The number of rotatable bonds is 8. The van der Waals surface area contributed by atoms with E-state index < -0.39 is 58.3 Å². The van der Waals surface area contributed by atoms with Crippen LogP contribution >= 0.6 is 0 Å². The molecule has 10 nitrogen and oxygen atoms in total. The summed E-state index contributed by atoms with van der Waals surface area (Å²) in [7, 11) is 0. The minimum atomic E-state index is -1.38. The molecule has 4 rings (SSSR count). The zero-order valence-corrected chi connectivity index (χ0v) is 26.8. The van der Waals surface area contributed by atoms with Crippen LogP contribution in [0.1, 0.15) is 100 Å². The standard InChI is InChI=1S/C33H49NO9/c1-18(35)41-26-16-24-25(34-40)15-21-22-9-10-28(33(8,39)29(43-20(3)37)12-13-30(4,5)38)31(22,6)14-11-23(21)32(24,7)17-27(26)42-19(2)36/h9,15,23-24,26-29,38-40H,10-14,16-17H2,1-8H3/b34-25-/t23-,24-,26+,27-,28-,29+,31-,32+,33+/m0/s1. The molecule has 0 aromatic heterocycles. The number of carbonyl (C=O) groups is 3. The van der Waals surface area contributed by atoms with Gasteiger partial charge in [0.15, 0.2) is 0 Å². The van der Waals surface area contributed by atoms with Gasteiger partial charge in [0, 0.05) is 32.6 Å². The van der Waals surface area contributed by atoms with Crippen LogP contribution in [0.15, 0.2) is 28.5 Å². The first kappa shape index (κ1) is 33.2. The molecule has 240 valence electrons. The highest BCUT2D eigenvalue weighted by Crippen LogP contribution is 2.65. The highest BCUT2D eigenvalue weighted by molar-refractivity contribution is 5.99. The fourth-order valence-electron chi connectivity index (χ4n) is 8.82. The molecule has 0 saturated heterocycles. The molecule has 0 aromatic rings. The van der Waals surface area contributed by atoms with Crippen LogP contribution < -0.4 is 0 Å². The Labute approximate surface area is 254 Å².